The van der Waals surface area contributed by atoms with Gasteiger partial charge in [-0.3, -0.25) is 4.79 Å². The van der Waals surface area contributed by atoms with Gasteiger partial charge in [0, 0.05) is 39.7 Å². The number of carboxylic acids is 1. The van der Waals surface area contributed by atoms with Gasteiger partial charge in [-0.25, -0.2) is 14.8 Å². The summed E-state index contributed by atoms with van der Waals surface area (Å²) in [6.45, 7) is 6.96. The molecule has 1 heterocycles. The van der Waals surface area contributed by atoms with E-state index in [1.54, 1.807) is 18.5 Å². The standard InChI is InChI=1S/C23H24ClN3O4/c1-13(2)20-25-10-14(11-26-20)12-31-19-16-8-6-5-7-15(16)18(24)9-17(19)21(28)27-23(3,4)22(29)30/h5-11,13H,12H2,1-4H3,(H,27,28)(H,29,30). The van der Waals surface area contributed by atoms with Crippen molar-refractivity contribution >= 4 is 34.2 Å². The molecule has 8 heteroatoms. The van der Waals surface area contributed by atoms with E-state index in [2.05, 4.69) is 15.3 Å². The number of nitrogens with zero attached hydrogens (tertiary/aromatic N) is 2. The lowest BCUT2D eigenvalue weighted by molar-refractivity contribution is -0.143. The number of rotatable bonds is 7. The van der Waals surface area contributed by atoms with Crippen LogP contribution in [0.2, 0.25) is 5.02 Å². The van der Waals surface area contributed by atoms with Gasteiger partial charge < -0.3 is 15.2 Å². The summed E-state index contributed by atoms with van der Waals surface area (Å²) in [6, 6.07) is 8.77. The van der Waals surface area contributed by atoms with Gasteiger partial charge in [0.25, 0.3) is 5.91 Å². The molecule has 1 amide bonds. The zero-order valence-corrected chi connectivity index (χ0v) is 18.5. The molecule has 162 valence electrons. The lowest BCUT2D eigenvalue weighted by atomic mass is 10.0. The second kappa shape index (κ2) is 8.89. The van der Waals surface area contributed by atoms with E-state index in [0.717, 1.165) is 16.8 Å². The monoisotopic (exact) mass is 441 g/mol. The van der Waals surface area contributed by atoms with Crippen LogP contribution >= 0.6 is 11.6 Å². The third-order valence-electron chi connectivity index (χ3n) is 4.77. The molecular weight excluding hydrogens is 418 g/mol. The van der Waals surface area contributed by atoms with E-state index < -0.39 is 17.4 Å². The van der Waals surface area contributed by atoms with E-state index >= 15 is 0 Å². The Labute approximate surface area is 185 Å². The number of benzene rings is 2. The maximum Gasteiger partial charge on any atom is 0.328 e. The molecule has 0 radical (unpaired) electrons. The topological polar surface area (TPSA) is 101 Å². The minimum Gasteiger partial charge on any atom is -0.487 e. The van der Waals surface area contributed by atoms with Crippen LogP contribution in [-0.4, -0.2) is 32.5 Å². The Bertz CT molecular complexity index is 1130. The first-order chi connectivity index (χ1) is 14.6. The van der Waals surface area contributed by atoms with Crippen molar-refractivity contribution in [1.29, 1.82) is 0 Å². The van der Waals surface area contributed by atoms with Crippen molar-refractivity contribution in [2.24, 2.45) is 0 Å². The molecule has 0 aliphatic carbocycles. The highest BCUT2D eigenvalue weighted by Crippen LogP contribution is 2.36. The molecule has 0 aliphatic rings. The van der Waals surface area contributed by atoms with Crippen molar-refractivity contribution in [2.45, 2.75) is 45.8 Å². The van der Waals surface area contributed by atoms with Gasteiger partial charge in [0.05, 0.1) is 5.56 Å². The Morgan fingerprint density at radius 3 is 2.35 bits per heavy atom. The van der Waals surface area contributed by atoms with E-state index in [0.29, 0.717) is 16.2 Å². The van der Waals surface area contributed by atoms with Gasteiger partial charge in [-0.2, -0.15) is 0 Å². The number of aromatic nitrogens is 2. The number of carbonyl (C=O) groups is 2. The van der Waals surface area contributed by atoms with Crippen molar-refractivity contribution in [3.8, 4) is 5.75 Å². The van der Waals surface area contributed by atoms with E-state index in [9.17, 15) is 14.7 Å². The largest absolute Gasteiger partial charge is 0.487 e. The van der Waals surface area contributed by atoms with Crippen LogP contribution in [0.4, 0.5) is 0 Å². The molecule has 3 rings (SSSR count). The minimum absolute atomic E-state index is 0.132. The maximum absolute atomic E-state index is 13.0. The smallest absolute Gasteiger partial charge is 0.328 e. The van der Waals surface area contributed by atoms with Gasteiger partial charge in [0.1, 0.15) is 23.7 Å². The van der Waals surface area contributed by atoms with Gasteiger partial charge in [0.2, 0.25) is 0 Å². The molecule has 0 saturated carbocycles. The third kappa shape index (κ3) is 4.94. The van der Waals surface area contributed by atoms with Crippen LogP contribution in [0.3, 0.4) is 0 Å². The molecule has 0 atom stereocenters. The minimum atomic E-state index is -1.47. The SMILES string of the molecule is CC(C)c1ncc(COc2c(C(=O)NC(C)(C)C(=O)O)cc(Cl)c3ccccc23)cn1. The molecule has 31 heavy (non-hydrogen) atoms. The average Bonchev–Trinajstić information content (AvgIpc) is 2.73. The third-order valence-corrected chi connectivity index (χ3v) is 5.09. The molecule has 7 nitrogen and oxygen atoms in total. The van der Waals surface area contributed by atoms with Crippen LogP contribution in [0.5, 0.6) is 5.75 Å². The summed E-state index contributed by atoms with van der Waals surface area (Å²) in [4.78, 5) is 33.1. The Morgan fingerprint density at radius 1 is 1.16 bits per heavy atom. The zero-order chi connectivity index (χ0) is 22.8. The van der Waals surface area contributed by atoms with Crippen LogP contribution in [0.1, 0.15) is 55.4 Å². The Kier molecular flexibility index (Phi) is 6.45. The number of carbonyl (C=O) groups excluding carboxylic acids is 1. The number of carboxylic acid groups (broad SMARTS) is 1. The predicted octanol–water partition coefficient (Wildman–Crippen LogP) is 4.58. The molecule has 0 bridgehead atoms. The number of aliphatic carboxylic acids is 1. The van der Waals surface area contributed by atoms with Crippen molar-refractivity contribution < 1.29 is 19.4 Å². The number of hydrogen-bond acceptors (Lipinski definition) is 5. The Balaban J connectivity index is 1.99. The van der Waals surface area contributed by atoms with Gasteiger partial charge >= 0.3 is 5.97 Å². The summed E-state index contributed by atoms with van der Waals surface area (Å²) in [6.07, 6.45) is 3.38. The van der Waals surface area contributed by atoms with Crippen LogP contribution in [0.25, 0.3) is 10.8 Å². The summed E-state index contributed by atoms with van der Waals surface area (Å²) < 4.78 is 6.04. The lowest BCUT2D eigenvalue weighted by Gasteiger charge is -2.22. The van der Waals surface area contributed by atoms with Crippen LogP contribution < -0.4 is 10.1 Å². The number of nitrogens with one attached hydrogen (secondary N) is 1. The van der Waals surface area contributed by atoms with Crippen molar-refractivity contribution in [1.82, 2.24) is 15.3 Å². The fraction of sp³-hybridized carbons (Fsp3) is 0.304. The van der Waals surface area contributed by atoms with E-state index in [4.69, 9.17) is 16.3 Å². The van der Waals surface area contributed by atoms with Crippen LogP contribution in [0.15, 0.2) is 42.7 Å². The summed E-state index contributed by atoms with van der Waals surface area (Å²) in [5.74, 6) is -0.495. The molecule has 2 N–H and O–H groups in total. The number of amides is 1. The van der Waals surface area contributed by atoms with Crippen LogP contribution in [-0.2, 0) is 11.4 Å². The molecule has 0 unspecified atom stereocenters. The normalized spacial score (nSPS) is 11.5. The summed E-state index contributed by atoms with van der Waals surface area (Å²) >= 11 is 6.40. The second-order valence-corrected chi connectivity index (χ2v) is 8.47. The predicted molar refractivity (Wildman–Crippen MR) is 119 cm³/mol. The quantitative estimate of drug-likeness (QED) is 0.556. The molecule has 0 saturated heterocycles. The number of fused-ring (bicyclic) bond motifs is 1. The van der Waals surface area contributed by atoms with Gasteiger partial charge in [0.15, 0.2) is 0 Å². The molecule has 0 fully saturated rings. The maximum atomic E-state index is 13.0. The number of halogens is 1. The first-order valence-electron chi connectivity index (χ1n) is 9.81. The Morgan fingerprint density at radius 2 is 1.77 bits per heavy atom. The highest BCUT2D eigenvalue weighted by Gasteiger charge is 2.31. The van der Waals surface area contributed by atoms with Crippen molar-refractivity contribution in [3.05, 3.63) is 64.7 Å². The number of ether oxygens (including phenoxy) is 1. The van der Waals surface area contributed by atoms with Crippen molar-refractivity contribution in [2.75, 3.05) is 0 Å². The molecule has 0 spiro atoms. The van der Waals surface area contributed by atoms with E-state index in [1.165, 1.54) is 19.9 Å². The summed E-state index contributed by atoms with van der Waals surface area (Å²) in [5, 5.41) is 13.6. The summed E-state index contributed by atoms with van der Waals surface area (Å²) in [5.41, 5.74) is -0.578. The van der Waals surface area contributed by atoms with Gasteiger partial charge in [-0.1, -0.05) is 49.7 Å². The second-order valence-electron chi connectivity index (χ2n) is 8.06. The summed E-state index contributed by atoms with van der Waals surface area (Å²) in [7, 11) is 0. The fourth-order valence-electron chi connectivity index (χ4n) is 2.93. The molecule has 1 aromatic heterocycles. The molecule has 0 aliphatic heterocycles. The fourth-order valence-corrected chi connectivity index (χ4v) is 3.20. The van der Waals surface area contributed by atoms with E-state index in [-0.39, 0.29) is 18.1 Å². The van der Waals surface area contributed by atoms with Crippen molar-refractivity contribution in [3.63, 3.8) is 0 Å². The molecule has 2 aromatic carbocycles. The molecule has 3 aromatic rings. The van der Waals surface area contributed by atoms with E-state index in [1.807, 2.05) is 32.0 Å². The highest BCUT2D eigenvalue weighted by molar-refractivity contribution is 6.36. The average molecular weight is 442 g/mol. The van der Waals surface area contributed by atoms with Crippen LogP contribution in [0, 0.1) is 0 Å². The van der Waals surface area contributed by atoms with Gasteiger partial charge in [-0.15, -0.1) is 0 Å². The highest BCUT2D eigenvalue weighted by atomic mass is 35.5. The Hall–Kier alpha value is -3.19. The zero-order valence-electron chi connectivity index (χ0n) is 17.8. The first kappa shape index (κ1) is 22.5. The lowest BCUT2D eigenvalue weighted by Crippen LogP contribution is -2.49. The molecular formula is C23H24ClN3O4. The first-order valence-corrected chi connectivity index (χ1v) is 10.2. The van der Waals surface area contributed by atoms with Gasteiger partial charge in [-0.05, 0) is 19.9 Å². The number of hydrogen-bond donors (Lipinski definition) is 2.